The van der Waals surface area contributed by atoms with Gasteiger partial charge in [-0.05, 0) is 35.0 Å². The molecule has 5 nitrogen and oxygen atoms in total. The Kier molecular flexibility index (Phi) is 3.67. The van der Waals surface area contributed by atoms with Crippen LogP contribution in [0.2, 0.25) is 0 Å². The third kappa shape index (κ3) is 2.53. The molecule has 102 valence electrons. The zero-order valence-corrected chi connectivity index (χ0v) is 13.1. The molecule has 0 saturated carbocycles. The van der Waals surface area contributed by atoms with E-state index in [1.165, 1.54) is 0 Å². The maximum absolute atomic E-state index is 5.99. The van der Waals surface area contributed by atoms with Gasteiger partial charge in [0.1, 0.15) is 17.2 Å². The van der Waals surface area contributed by atoms with E-state index in [0.29, 0.717) is 12.4 Å². The fraction of sp³-hybridized carbons (Fsp3) is 0.231. The van der Waals surface area contributed by atoms with E-state index < -0.39 is 0 Å². The minimum absolute atomic E-state index is 0.331. The third-order valence-corrected chi connectivity index (χ3v) is 3.58. The maximum Gasteiger partial charge on any atom is 0.160 e. The fourth-order valence-corrected chi connectivity index (χ4v) is 2.58. The summed E-state index contributed by atoms with van der Waals surface area (Å²) in [7, 11) is 0. The van der Waals surface area contributed by atoms with E-state index in [2.05, 4.69) is 35.9 Å². The fourth-order valence-electron chi connectivity index (χ4n) is 2.06. The second-order valence-corrected chi connectivity index (χ2v) is 5.52. The van der Waals surface area contributed by atoms with Gasteiger partial charge >= 0.3 is 0 Å². The Bertz CT molecular complexity index is 771. The maximum atomic E-state index is 5.99. The van der Waals surface area contributed by atoms with Gasteiger partial charge in [0.2, 0.25) is 0 Å². The first-order chi connectivity index (χ1) is 9.67. The molecular formula is C13H11BrClN5. The molecule has 0 bridgehead atoms. The normalized spacial score (nSPS) is 11.2. The van der Waals surface area contributed by atoms with Crippen LogP contribution in [0.3, 0.4) is 0 Å². The van der Waals surface area contributed by atoms with Crippen molar-refractivity contribution in [3.8, 4) is 0 Å². The summed E-state index contributed by atoms with van der Waals surface area (Å²) in [6, 6.07) is 3.82. The van der Waals surface area contributed by atoms with Gasteiger partial charge in [0, 0.05) is 16.9 Å². The molecule has 0 aliphatic carbocycles. The molecule has 0 unspecified atom stereocenters. The minimum Gasteiger partial charge on any atom is -0.306 e. The lowest BCUT2D eigenvalue weighted by atomic mass is 10.3. The molecule has 0 radical (unpaired) electrons. The highest BCUT2D eigenvalue weighted by molar-refractivity contribution is 9.10. The molecule has 0 amide bonds. The van der Waals surface area contributed by atoms with Crippen molar-refractivity contribution < 1.29 is 0 Å². The molecular weight excluding hydrogens is 342 g/mol. The summed E-state index contributed by atoms with van der Waals surface area (Å²) in [5, 5.41) is 0. The number of pyridine rings is 1. The number of alkyl halides is 1. The van der Waals surface area contributed by atoms with Crippen molar-refractivity contribution >= 4 is 38.7 Å². The molecule has 0 aliphatic heterocycles. The van der Waals surface area contributed by atoms with Crippen LogP contribution in [0.5, 0.6) is 0 Å². The monoisotopic (exact) mass is 351 g/mol. The van der Waals surface area contributed by atoms with Crippen molar-refractivity contribution in [3.63, 3.8) is 0 Å². The molecule has 7 heteroatoms. The summed E-state index contributed by atoms with van der Waals surface area (Å²) in [5.74, 6) is 1.86. The van der Waals surface area contributed by atoms with Gasteiger partial charge in [0.25, 0.3) is 0 Å². The van der Waals surface area contributed by atoms with Gasteiger partial charge in [-0.15, -0.1) is 11.6 Å². The Morgan fingerprint density at radius 3 is 2.90 bits per heavy atom. The van der Waals surface area contributed by atoms with Crippen LogP contribution in [0.15, 0.2) is 29.0 Å². The summed E-state index contributed by atoms with van der Waals surface area (Å²) in [5.41, 5.74) is 2.54. The molecule has 3 heterocycles. The lowest BCUT2D eigenvalue weighted by Gasteiger charge is -2.06. The molecule has 3 rings (SSSR count). The molecule has 0 saturated heterocycles. The van der Waals surface area contributed by atoms with Crippen LogP contribution in [0.1, 0.15) is 17.3 Å². The standard InChI is InChI=1S/C13H11BrClN5/c1-8-16-3-2-10(18-8)7-20-12(5-15)19-11-4-9(14)6-17-13(11)20/h2-4,6H,5,7H2,1H3. The van der Waals surface area contributed by atoms with Crippen LogP contribution >= 0.6 is 27.5 Å². The van der Waals surface area contributed by atoms with E-state index in [9.17, 15) is 0 Å². The molecule has 20 heavy (non-hydrogen) atoms. The number of nitrogens with zero attached hydrogens (tertiary/aromatic N) is 5. The van der Waals surface area contributed by atoms with Crippen molar-refractivity contribution in [2.24, 2.45) is 0 Å². The SMILES string of the molecule is Cc1nccc(Cn2c(CCl)nc3cc(Br)cnc32)n1. The Hall–Kier alpha value is -1.53. The zero-order valence-electron chi connectivity index (χ0n) is 10.7. The highest BCUT2D eigenvalue weighted by Gasteiger charge is 2.12. The number of hydrogen-bond donors (Lipinski definition) is 0. The lowest BCUT2D eigenvalue weighted by molar-refractivity contribution is 0.742. The number of imidazole rings is 1. The summed E-state index contributed by atoms with van der Waals surface area (Å²) in [6.07, 6.45) is 3.50. The first kappa shape index (κ1) is 13.5. The van der Waals surface area contributed by atoms with Gasteiger partial charge in [-0.2, -0.15) is 0 Å². The number of rotatable bonds is 3. The minimum atomic E-state index is 0.331. The zero-order chi connectivity index (χ0) is 14.1. The number of halogens is 2. The molecule has 3 aromatic rings. The number of aromatic nitrogens is 5. The van der Waals surface area contributed by atoms with Crippen molar-refractivity contribution in [3.05, 3.63) is 46.3 Å². The topological polar surface area (TPSA) is 56.5 Å². The molecule has 0 fully saturated rings. The van der Waals surface area contributed by atoms with Crippen LogP contribution in [0.4, 0.5) is 0 Å². The molecule has 0 N–H and O–H groups in total. The number of hydrogen-bond acceptors (Lipinski definition) is 4. The Labute approximate surface area is 129 Å². The van der Waals surface area contributed by atoms with E-state index in [1.807, 2.05) is 23.6 Å². The van der Waals surface area contributed by atoms with E-state index in [0.717, 1.165) is 33.0 Å². The van der Waals surface area contributed by atoms with Crippen molar-refractivity contribution in [2.45, 2.75) is 19.3 Å². The second kappa shape index (κ2) is 5.46. The largest absolute Gasteiger partial charge is 0.306 e. The van der Waals surface area contributed by atoms with Crippen molar-refractivity contribution in [1.82, 2.24) is 24.5 Å². The highest BCUT2D eigenvalue weighted by Crippen LogP contribution is 2.20. The molecule has 0 aliphatic rings. The van der Waals surface area contributed by atoms with Crippen LogP contribution in [0, 0.1) is 6.92 Å². The molecule has 0 spiro atoms. The van der Waals surface area contributed by atoms with Gasteiger partial charge in [0.05, 0.1) is 18.1 Å². The van der Waals surface area contributed by atoms with Gasteiger partial charge < -0.3 is 4.57 Å². The number of fused-ring (bicyclic) bond motifs is 1. The predicted molar refractivity (Wildman–Crippen MR) is 80.7 cm³/mol. The van der Waals surface area contributed by atoms with Crippen molar-refractivity contribution in [1.29, 1.82) is 0 Å². The predicted octanol–water partition coefficient (Wildman–Crippen LogP) is 3.08. The summed E-state index contributed by atoms with van der Waals surface area (Å²) >= 11 is 9.38. The smallest absolute Gasteiger partial charge is 0.160 e. The molecule has 0 aromatic carbocycles. The van der Waals surface area contributed by atoms with Gasteiger partial charge in [0.15, 0.2) is 5.65 Å². The summed E-state index contributed by atoms with van der Waals surface area (Å²) in [4.78, 5) is 17.4. The molecule has 0 atom stereocenters. The van der Waals surface area contributed by atoms with Crippen LogP contribution in [-0.4, -0.2) is 24.5 Å². The average molecular weight is 353 g/mol. The van der Waals surface area contributed by atoms with E-state index in [1.54, 1.807) is 12.4 Å². The first-order valence-electron chi connectivity index (χ1n) is 6.02. The van der Waals surface area contributed by atoms with Crippen molar-refractivity contribution in [2.75, 3.05) is 0 Å². The van der Waals surface area contributed by atoms with E-state index in [4.69, 9.17) is 11.6 Å². The number of aryl methyl sites for hydroxylation is 1. The van der Waals surface area contributed by atoms with Gasteiger partial charge in [-0.3, -0.25) is 0 Å². The second-order valence-electron chi connectivity index (χ2n) is 4.34. The molecule has 3 aromatic heterocycles. The Morgan fingerprint density at radius 2 is 2.15 bits per heavy atom. The van der Waals surface area contributed by atoms with E-state index in [-0.39, 0.29) is 0 Å². The summed E-state index contributed by atoms with van der Waals surface area (Å²) < 4.78 is 2.88. The first-order valence-corrected chi connectivity index (χ1v) is 7.35. The van der Waals surface area contributed by atoms with Gasteiger partial charge in [-0.1, -0.05) is 0 Å². The van der Waals surface area contributed by atoms with Crippen LogP contribution in [-0.2, 0) is 12.4 Å². The average Bonchev–Trinajstić information content (AvgIpc) is 2.76. The Morgan fingerprint density at radius 1 is 1.30 bits per heavy atom. The third-order valence-electron chi connectivity index (χ3n) is 2.90. The highest BCUT2D eigenvalue weighted by atomic mass is 79.9. The lowest BCUT2D eigenvalue weighted by Crippen LogP contribution is -2.07. The summed E-state index contributed by atoms with van der Waals surface area (Å²) in [6.45, 7) is 2.45. The van der Waals surface area contributed by atoms with E-state index >= 15 is 0 Å². The van der Waals surface area contributed by atoms with Crippen LogP contribution < -0.4 is 0 Å². The van der Waals surface area contributed by atoms with Gasteiger partial charge in [-0.25, -0.2) is 19.9 Å². The van der Waals surface area contributed by atoms with Crippen LogP contribution in [0.25, 0.3) is 11.2 Å². The Balaban J connectivity index is 2.10. The quantitative estimate of drug-likeness (QED) is 0.680.